The van der Waals surface area contributed by atoms with Gasteiger partial charge >= 0.3 is 12.1 Å². The van der Waals surface area contributed by atoms with E-state index in [1.807, 2.05) is 0 Å². The van der Waals surface area contributed by atoms with Crippen LogP contribution in [0.2, 0.25) is 0 Å². The number of halogens is 3. The van der Waals surface area contributed by atoms with Crippen molar-refractivity contribution in [3.8, 4) is 11.3 Å². The Bertz CT molecular complexity index is 1270. The van der Waals surface area contributed by atoms with Gasteiger partial charge in [0.1, 0.15) is 16.4 Å². The number of fused-ring (bicyclic) bond motifs is 1. The number of aromatic nitrogens is 1. The number of nitrogens with one attached hydrogen (secondary N) is 1. The van der Waals surface area contributed by atoms with Gasteiger partial charge in [-0.3, -0.25) is 0 Å². The summed E-state index contributed by atoms with van der Waals surface area (Å²) in [6, 6.07) is 12.3. The van der Waals surface area contributed by atoms with Crippen LogP contribution in [0.5, 0.6) is 0 Å². The Morgan fingerprint density at radius 1 is 1.09 bits per heavy atom. The third kappa shape index (κ3) is 4.74. The number of carboxylic acids is 1. The van der Waals surface area contributed by atoms with E-state index in [0.717, 1.165) is 4.57 Å². The SMILES string of the molecule is O=C(O)c1cccc(-c2cc3c(NC4CCS(=O)(=O)CC4)cccc3n2CC(F)(F)F)c1. The van der Waals surface area contributed by atoms with Crippen molar-refractivity contribution in [2.45, 2.75) is 31.6 Å². The number of hydrogen-bond donors (Lipinski definition) is 2. The molecule has 1 saturated heterocycles. The van der Waals surface area contributed by atoms with Gasteiger partial charge < -0.3 is 15.0 Å². The summed E-state index contributed by atoms with van der Waals surface area (Å²) in [7, 11) is -3.04. The maximum Gasteiger partial charge on any atom is 0.406 e. The molecular formula is C22H21F3N2O4S. The van der Waals surface area contributed by atoms with Crippen LogP contribution in [0.1, 0.15) is 23.2 Å². The molecule has 4 rings (SSSR count). The van der Waals surface area contributed by atoms with Crippen molar-refractivity contribution in [2.75, 3.05) is 16.8 Å². The molecule has 2 N–H and O–H groups in total. The maximum atomic E-state index is 13.4. The van der Waals surface area contributed by atoms with E-state index in [0.29, 0.717) is 35.0 Å². The number of carbonyl (C=O) groups is 1. The third-order valence-electron chi connectivity index (χ3n) is 5.60. The number of sulfone groups is 1. The van der Waals surface area contributed by atoms with Crippen LogP contribution in [0.25, 0.3) is 22.2 Å². The molecule has 3 aromatic rings. The maximum absolute atomic E-state index is 13.4. The number of rotatable bonds is 5. The molecule has 0 bridgehead atoms. The van der Waals surface area contributed by atoms with Crippen molar-refractivity contribution in [1.29, 1.82) is 0 Å². The van der Waals surface area contributed by atoms with Crippen LogP contribution in [-0.2, 0) is 16.4 Å². The standard InChI is InChI=1S/C22H21F3N2O4S/c23-22(24,25)13-27-19-6-2-5-18(26-16-7-9-32(30,31)10-8-16)17(19)12-20(27)14-3-1-4-15(11-14)21(28)29/h1-6,11-12,16,26H,7-10,13H2,(H,28,29). The van der Waals surface area contributed by atoms with Gasteiger partial charge in [-0.25, -0.2) is 13.2 Å². The van der Waals surface area contributed by atoms with Gasteiger partial charge in [0, 0.05) is 22.8 Å². The van der Waals surface area contributed by atoms with Crippen molar-refractivity contribution in [1.82, 2.24) is 4.57 Å². The van der Waals surface area contributed by atoms with Gasteiger partial charge in [0.2, 0.25) is 0 Å². The summed E-state index contributed by atoms with van der Waals surface area (Å²) >= 11 is 0. The summed E-state index contributed by atoms with van der Waals surface area (Å²) in [5.74, 6) is -1.02. The van der Waals surface area contributed by atoms with Crippen LogP contribution in [0.3, 0.4) is 0 Å². The van der Waals surface area contributed by atoms with Crippen LogP contribution >= 0.6 is 0 Å². The number of alkyl halides is 3. The second-order valence-electron chi connectivity index (χ2n) is 7.93. The van der Waals surface area contributed by atoms with Gasteiger partial charge in [0.05, 0.1) is 22.6 Å². The quantitative estimate of drug-likeness (QED) is 0.576. The molecule has 0 unspecified atom stereocenters. The lowest BCUT2D eigenvalue weighted by atomic mass is 10.1. The number of benzene rings is 2. The molecule has 1 aliphatic heterocycles. The lowest BCUT2D eigenvalue weighted by Crippen LogP contribution is -2.32. The van der Waals surface area contributed by atoms with Crippen molar-refractivity contribution in [3.63, 3.8) is 0 Å². The second-order valence-corrected chi connectivity index (χ2v) is 10.2. The molecule has 1 aromatic heterocycles. The van der Waals surface area contributed by atoms with Crippen molar-refractivity contribution in [3.05, 3.63) is 54.1 Å². The fourth-order valence-electron chi connectivity index (χ4n) is 4.06. The fraction of sp³-hybridized carbons (Fsp3) is 0.318. The molecular weight excluding hydrogens is 445 g/mol. The van der Waals surface area contributed by atoms with Crippen molar-refractivity contribution in [2.24, 2.45) is 0 Å². The Morgan fingerprint density at radius 3 is 2.44 bits per heavy atom. The number of carboxylic acid groups (broad SMARTS) is 1. The van der Waals surface area contributed by atoms with E-state index in [1.165, 1.54) is 18.2 Å². The summed E-state index contributed by atoms with van der Waals surface area (Å²) < 4.78 is 64.7. The summed E-state index contributed by atoms with van der Waals surface area (Å²) in [6.07, 6.45) is -3.63. The van der Waals surface area contributed by atoms with E-state index in [1.54, 1.807) is 30.3 Å². The zero-order valence-electron chi connectivity index (χ0n) is 16.9. The summed E-state index contributed by atoms with van der Waals surface area (Å²) in [6.45, 7) is -1.23. The van der Waals surface area contributed by atoms with Crippen LogP contribution in [0.15, 0.2) is 48.5 Å². The average Bonchev–Trinajstić information content (AvgIpc) is 3.07. The summed E-state index contributed by atoms with van der Waals surface area (Å²) in [4.78, 5) is 11.4. The molecule has 170 valence electrons. The van der Waals surface area contributed by atoms with Gasteiger partial charge in [0.25, 0.3) is 0 Å². The van der Waals surface area contributed by atoms with Crippen molar-refractivity contribution < 1.29 is 31.5 Å². The summed E-state index contributed by atoms with van der Waals surface area (Å²) in [5.41, 5.74) is 1.56. The molecule has 1 fully saturated rings. The zero-order chi connectivity index (χ0) is 23.1. The van der Waals surface area contributed by atoms with E-state index >= 15 is 0 Å². The Kier molecular flexibility index (Phi) is 5.66. The van der Waals surface area contributed by atoms with E-state index in [-0.39, 0.29) is 28.8 Å². The first-order chi connectivity index (χ1) is 15.0. The highest BCUT2D eigenvalue weighted by Gasteiger charge is 2.31. The van der Waals surface area contributed by atoms with E-state index in [4.69, 9.17) is 0 Å². The Morgan fingerprint density at radius 2 is 1.78 bits per heavy atom. The van der Waals surface area contributed by atoms with E-state index in [2.05, 4.69) is 5.32 Å². The molecule has 0 radical (unpaired) electrons. The van der Waals surface area contributed by atoms with Crippen LogP contribution in [0, 0.1) is 0 Å². The summed E-state index contributed by atoms with van der Waals surface area (Å²) in [5, 5.41) is 13.1. The van der Waals surface area contributed by atoms with Gasteiger partial charge in [-0.1, -0.05) is 18.2 Å². The molecule has 0 atom stereocenters. The Labute approximate surface area is 182 Å². The van der Waals surface area contributed by atoms with Crippen LogP contribution in [-0.4, -0.2) is 47.8 Å². The molecule has 2 heterocycles. The predicted molar refractivity (Wildman–Crippen MR) is 116 cm³/mol. The highest BCUT2D eigenvalue weighted by molar-refractivity contribution is 7.91. The second kappa shape index (κ2) is 8.16. The molecule has 0 aliphatic carbocycles. The van der Waals surface area contributed by atoms with Crippen molar-refractivity contribution >= 4 is 32.4 Å². The first-order valence-electron chi connectivity index (χ1n) is 10.0. The van der Waals surface area contributed by atoms with Gasteiger partial charge in [-0.05, 0) is 48.7 Å². The molecule has 2 aromatic carbocycles. The van der Waals surface area contributed by atoms with Gasteiger partial charge in [-0.15, -0.1) is 0 Å². The van der Waals surface area contributed by atoms with E-state index < -0.39 is 28.5 Å². The molecule has 32 heavy (non-hydrogen) atoms. The lowest BCUT2D eigenvalue weighted by Gasteiger charge is -2.24. The topological polar surface area (TPSA) is 88.4 Å². The number of hydrogen-bond acceptors (Lipinski definition) is 4. The van der Waals surface area contributed by atoms with Crippen LogP contribution in [0.4, 0.5) is 18.9 Å². The highest BCUT2D eigenvalue weighted by Crippen LogP contribution is 2.36. The largest absolute Gasteiger partial charge is 0.478 e. The number of aromatic carboxylic acids is 1. The van der Waals surface area contributed by atoms with Gasteiger partial charge in [-0.2, -0.15) is 13.2 Å². The minimum absolute atomic E-state index is 0.0203. The lowest BCUT2D eigenvalue weighted by molar-refractivity contribution is -0.139. The average molecular weight is 466 g/mol. The zero-order valence-corrected chi connectivity index (χ0v) is 17.7. The Hall–Kier alpha value is -3.01. The third-order valence-corrected chi connectivity index (χ3v) is 7.32. The first kappa shape index (κ1) is 22.2. The normalized spacial score (nSPS) is 16.8. The fourth-order valence-corrected chi connectivity index (χ4v) is 5.56. The molecule has 1 aliphatic rings. The number of anilines is 1. The Balaban J connectivity index is 1.80. The first-order valence-corrected chi connectivity index (χ1v) is 11.8. The molecule has 0 amide bonds. The van der Waals surface area contributed by atoms with Crippen LogP contribution < -0.4 is 5.32 Å². The minimum atomic E-state index is -4.48. The molecule has 0 spiro atoms. The molecule has 10 heteroatoms. The molecule has 6 nitrogen and oxygen atoms in total. The molecule has 0 saturated carbocycles. The monoisotopic (exact) mass is 466 g/mol. The highest BCUT2D eigenvalue weighted by atomic mass is 32.2. The number of nitrogens with zero attached hydrogens (tertiary/aromatic N) is 1. The van der Waals surface area contributed by atoms with E-state index in [9.17, 15) is 31.5 Å². The predicted octanol–water partition coefficient (Wildman–Crippen LogP) is 4.56. The van der Waals surface area contributed by atoms with Gasteiger partial charge in [0.15, 0.2) is 0 Å². The smallest absolute Gasteiger partial charge is 0.406 e. The minimum Gasteiger partial charge on any atom is -0.478 e.